The molecule has 0 aromatic heterocycles. The molecule has 1 atom stereocenters. The predicted octanol–water partition coefficient (Wildman–Crippen LogP) is 3.72. The molecule has 0 radical (unpaired) electrons. The van der Waals surface area contributed by atoms with Crippen LogP contribution < -0.4 is 11.1 Å². The van der Waals surface area contributed by atoms with Crippen molar-refractivity contribution in [2.45, 2.75) is 40.5 Å². The molecule has 0 saturated heterocycles. The Morgan fingerprint density at radius 3 is 2.30 bits per heavy atom. The fourth-order valence-electron chi connectivity index (χ4n) is 2.36. The molecule has 0 aliphatic carbocycles. The maximum absolute atomic E-state index is 12.0. The van der Waals surface area contributed by atoms with Crippen molar-refractivity contribution < 1.29 is 4.79 Å². The number of nitrogens with one attached hydrogen (secondary N) is 1. The molecule has 3 nitrogen and oxygen atoms in total. The summed E-state index contributed by atoms with van der Waals surface area (Å²) in [4.78, 5) is 12.3. The SMILES string of the molecule is CC(CC(=O)Nc1ccc(C(N)=S)cc1)CC(C)(C)C. The maximum atomic E-state index is 12.0. The van der Waals surface area contributed by atoms with E-state index in [4.69, 9.17) is 18.0 Å². The van der Waals surface area contributed by atoms with Gasteiger partial charge in [-0.3, -0.25) is 4.79 Å². The normalized spacial score (nSPS) is 12.8. The van der Waals surface area contributed by atoms with Crippen LogP contribution in [0.3, 0.4) is 0 Å². The zero-order valence-corrected chi connectivity index (χ0v) is 13.5. The smallest absolute Gasteiger partial charge is 0.224 e. The van der Waals surface area contributed by atoms with E-state index in [1.54, 1.807) is 0 Å². The molecule has 0 heterocycles. The molecular weight excluding hydrogens is 268 g/mol. The van der Waals surface area contributed by atoms with Crippen molar-refractivity contribution in [3.05, 3.63) is 29.8 Å². The molecule has 3 N–H and O–H groups in total. The summed E-state index contributed by atoms with van der Waals surface area (Å²) in [6, 6.07) is 7.27. The summed E-state index contributed by atoms with van der Waals surface area (Å²) in [6.07, 6.45) is 1.56. The van der Waals surface area contributed by atoms with Crippen LogP contribution >= 0.6 is 12.2 Å². The molecule has 1 rings (SSSR count). The Labute approximate surface area is 126 Å². The Kier molecular flexibility index (Phi) is 5.69. The summed E-state index contributed by atoms with van der Waals surface area (Å²) < 4.78 is 0. The van der Waals surface area contributed by atoms with E-state index >= 15 is 0 Å². The van der Waals surface area contributed by atoms with Crippen LogP contribution in [0.15, 0.2) is 24.3 Å². The van der Waals surface area contributed by atoms with Crippen molar-refractivity contribution in [3.8, 4) is 0 Å². The fraction of sp³-hybridized carbons (Fsp3) is 0.500. The lowest BCUT2D eigenvalue weighted by molar-refractivity contribution is -0.117. The number of nitrogens with two attached hydrogens (primary N) is 1. The number of benzene rings is 1. The van der Waals surface area contributed by atoms with Crippen molar-refractivity contribution in [2.75, 3.05) is 5.32 Å². The van der Waals surface area contributed by atoms with Gasteiger partial charge in [0.1, 0.15) is 4.99 Å². The van der Waals surface area contributed by atoms with E-state index in [9.17, 15) is 4.79 Å². The van der Waals surface area contributed by atoms with Gasteiger partial charge in [-0.15, -0.1) is 0 Å². The van der Waals surface area contributed by atoms with Gasteiger partial charge in [0, 0.05) is 17.7 Å². The van der Waals surface area contributed by atoms with Crippen LogP contribution in [0.2, 0.25) is 0 Å². The summed E-state index contributed by atoms with van der Waals surface area (Å²) in [5.74, 6) is 0.413. The van der Waals surface area contributed by atoms with Crippen LogP contribution in [0, 0.1) is 11.3 Å². The third kappa shape index (κ3) is 6.15. The van der Waals surface area contributed by atoms with E-state index in [1.165, 1.54) is 0 Å². The van der Waals surface area contributed by atoms with Gasteiger partial charge in [0.05, 0.1) is 0 Å². The molecule has 1 unspecified atom stereocenters. The molecule has 110 valence electrons. The largest absolute Gasteiger partial charge is 0.389 e. The second-order valence-corrected chi connectivity index (χ2v) is 7.00. The summed E-state index contributed by atoms with van der Waals surface area (Å²) >= 11 is 4.89. The first-order valence-corrected chi connectivity index (χ1v) is 7.28. The Hall–Kier alpha value is -1.42. The van der Waals surface area contributed by atoms with Crippen molar-refractivity contribution in [2.24, 2.45) is 17.1 Å². The van der Waals surface area contributed by atoms with Crippen molar-refractivity contribution in [1.29, 1.82) is 0 Å². The first-order valence-electron chi connectivity index (χ1n) is 6.87. The number of carbonyl (C=O) groups is 1. The van der Waals surface area contributed by atoms with Crippen LogP contribution in [0.5, 0.6) is 0 Å². The molecule has 4 heteroatoms. The molecule has 0 aliphatic heterocycles. The number of carbonyl (C=O) groups excluding carboxylic acids is 1. The molecule has 0 bridgehead atoms. The Morgan fingerprint density at radius 1 is 1.30 bits per heavy atom. The average molecular weight is 292 g/mol. The van der Waals surface area contributed by atoms with Crippen molar-refractivity contribution in [3.63, 3.8) is 0 Å². The van der Waals surface area contributed by atoms with Crippen molar-refractivity contribution in [1.82, 2.24) is 0 Å². The van der Waals surface area contributed by atoms with E-state index in [-0.39, 0.29) is 11.3 Å². The molecule has 0 spiro atoms. The lowest BCUT2D eigenvalue weighted by atomic mass is 9.84. The summed E-state index contributed by atoms with van der Waals surface area (Å²) in [5.41, 5.74) is 7.36. The zero-order chi connectivity index (χ0) is 15.3. The molecule has 1 amide bonds. The lowest BCUT2D eigenvalue weighted by Gasteiger charge is -2.22. The van der Waals surface area contributed by atoms with E-state index in [1.807, 2.05) is 24.3 Å². The van der Waals surface area contributed by atoms with E-state index in [0.717, 1.165) is 17.7 Å². The fourth-order valence-corrected chi connectivity index (χ4v) is 2.50. The summed E-state index contributed by atoms with van der Waals surface area (Å²) in [5, 5.41) is 2.90. The Balaban J connectivity index is 2.52. The number of hydrogen-bond donors (Lipinski definition) is 2. The van der Waals surface area contributed by atoms with Gasteiger partial charge in [-0.05, 0) is 42.0 Å². The van der Waals surface area contributed by atoms with E-state index < -0.39 is 0 Å². The van der Waals surface area contributed by atoms with E-state index in [0.29, 0.717) is 17.3 Å². The van der Waals surface area contributed by atoms with Gasteiger partial charge in [0.25, 0.3) is 0 Å². The van der Waals surface area contributed by atoms with Gasteiger partial charge in [0.2, 0.25) is 5.91 Å². The standard InChI is InChI=1S/C16H24N2OS/c1-11(10-16(2,3)4)9-14(19)18-13-7-5-12(6-8-13)15(17)20/h5-8,11H,9-10H2,1-4H3,(H2,17,20)(H,18,19). The minimum atomic E-state index is 0.0461. The third-order valence-electron chi connectivity index (χ3n) is 2.95. The molecule has 1 aromatic carbocycles. The van der Waals surface area contributed by atoms with Crippen molar-refractivity contribution >= 4 is 28.8 Å². The molecular formula is C16H24N2OS. The number of thiocarbonyl (C=S) groups is 1. The molecule has 0 aliphatic rings. The van der Waals surface area contributed by atoms with E-state index in [2.05, 4.69) is 33.0 Å². The second-order valence-electron chi connectivity index (χ2n) is 6.56. The molecule has 20 heavy (non-hydrogen) atoms. The highest BCUT2D eigenvalue weighted by Gasteiger charge is 2.17. The Morgan fingerprint density at radius 2 is 1.85 bits per heavy atom. The first-order chi connectivity index (χ1) is 9.17. The first kappa shape index (κ1) is 16.6. The number of hydrogen-bond acceptors (Lipinski definition) is 2. The second kappa shape index (κ2) is 6.84. The average Bonchev–Trinajstić information content (AvgIpc) is 2.26. The van der Waals surface area contributed by atoms with Gasteiger partial charge in [-0.25, -0.2) is 0 Å². The Bertz CT molecular complexity index is 474. The molecule has 1 aromatic rings. The molecule has 0 saturated carbocycles. The van der Waals surface area contributed by atoms with Crippen LogP contribution in [0.4, 0.5) is 5.69 Å². The van der Waals surface area contributed by atoms with Gasteiger partial charge in [-0.1, -0.05) is 39.9 Å². The summed E-state index contributed by atoms with van der Waals surface area (Å²) in [6.45, 7) is 8.68. The highest BCUT2D eigenvalue weighted by Crippen LogP contribution is 2.26. The van der Waals surface area contributed by atoms with Crippen LogP contribution in [-0.4, -0.2) is 10.9 Å². The highest BCUT2D eigenvalue weighted by molar-refractivity contribution is 7.80. The highest BCUT2D eigenvalue weighted by atomic mass is 32.1. The number of rotatable bonds is 5. The van der Waals surface area contributed by atoms with Crippen LogP contribution in [0.25, 0.3) is 0 Å². The maximum Gasteiger partial charge on any atom is 0.224 e. The summed E-state index contributed by atoms with van der Waals surface area (Å²) in [7, 11) is 0. The predicted molar refractivity (Wildman–Crippen MR) is 88.8 cm³/mol. The number of anilines is 1. The quantitative estimate of drug-likeness (QED) is 0.813. The monoisotopic (exact) mass is 292 g/mol. The number of amides is 1. The van der Waals surface area contributed by atoms with Gasteiger partial charge in [-0.2, -0.15) is 0 Å². The molecule has 0 fully saturated rings. The zero-order valence-electron chi connectivity index (χ0n) is 12.7. The van der Waals surface area contributed by atoms with Crippen LogP contribution in [-0.2, 0) is 4.79 Å². The van der Waals surface area contributed by atoms with Crippen LogP contribution in [0.1, 0.15) is 46.1 Å². The third-order valence-corrected chi connectivity index (χ3v) is 3.18. The minimum Gasteiger partial charge on any atom is -0.389 e. The minimum absolute atomic E-state index is 0.0461. The lowest BCUT2D eigenvalue weighted by Crippen LogP contribution is -2.19. The van der Waals surface area contributed by atoms with Gasteiger partial charge < -0.3 is 11.1 Å². The van der Waals surface area contributed by atoms with Gasteiger partial charge in [0.15, 0.2) is 0 Å². The van der Waals surface area contributed by atoms with Gasteiger partial charge >= 0.3 is 0 Å². The topological polar surface area (TPSA) is 55.1 Å².